The molecule has 0 spiro atoms. The fraction of sp³-hybridized carbons (Fsp3) is 0. The molecule has 0 aromatic carbocycles. The van der Waals surface area contributed by atoms with Crippen LogP contribution in [0.15, 0.2) is 0 Å². The zero-order valence-corrected chi connectivity index (χ0v) is 5.87. The molecule has 0 atom stereocenters. The summed E-state index contributed by atoms with van der Waals surface area (Å²) in [6.45, 7) is 0. The molecule has 0 aromatic rings. The first-order valence-corrected chi connectivity index (χ1v) is 3.79. The van der Waals surface area contributed by atoms with Crippen LogP contribution in [-0.2, 0) is 10.2 Å². The molecular formula is As2O3. The van der Waals surface area contributed by atoms with Gasteiger partial charge in [-0.15, -0.1) is 0 Å². The van der Waals surface area contributed by atoms with Crippen LogP contribution >= 0.6 is 0 Å². The molecule has 3 nitrogen and oxygen atoms in total. The Morgan fingerprint density at radius 3 is 1.60 bits per heavy atom. The Morgan fingerprint density at radius 1 is 1.20 bits per heavy atom. The van der Waals surface area contributed by atoms with Crippen molar-refractivity contribution in [3.8, 4) is 0 Å². The molecule has 5 heavy (non-hydrogen) atoms. The fourth-order valence-corrected chi connectivity index (χ4v) is 0.367. The predicted molar refractivity (Wildman–Crippen MR) is 14.0 cm³/mol. The third-order valence-electron chi connectivity index (χ3n) is 0.0667. The van der Waals surface area contributed by atoms with E-state index in [2.05, 4.69) is 2.72 Å². The predicted octanol–water partition coefficient (Wildman–Crippen LogP) is -1.07. The van der Waals surface area contributed by atoms with Crippen molar-refractivity contribution < 1.29 is 10.2 Å². The van der Waals surface area contributed by atoms with E-state index in [1.54, 1.807) is 0 Å². The first kappa shape index (κ1) is 5.68. The van der Waals surface area contributed by atoms with Crippen molar-refractivity contribution in [2.75, 3.05) is 0 Å². The van der Waals surface area contributed by atoms with E-state index >= 15 is 0 Å². The summed E-state index contributed by atoms with van der Waals surface area (Å²) in [6, 6.07) is 0. The molecule has 0 N–H and O–H groups in total. The average Bonchev–Trinajstić information content (AvgIpc) is 1.41. The van der Waals surface area contributed by atoms with E-state index in [9.17, 15) is 7.48 Å². The molecule has 28 valence electrons. The zero-order chi connectivity index (χ0) is 4.12. The molecule has 0 saturated heterocycles. The first-order valence-electron chi connectivity index (χ1n) is 0.730. The van der Waals surface area contributed by atoms with Crippen molar-refractivity contribution in [3.05, 3.63) is 0 Å². The summed E-state index contributed by atoms with van der Waals surface area (Å²) in [7, 11) is 0. The minimum absolute atomic E-state index is 1.30. The maximum atomic E-state index is 9.22. The van der Waals surface area contributed by atoms with Gasteiger partial charge in [0.2, 0.25) is 0 Å². The van der Waals surface area contributed by atoms with E-state index in [1.165, 1.54) is 0 Å². The molecule has 0 unspecified atom stereocenters. The van der Waals surface area contributed by atoms with E-state index < -0.39 is 32.1 Å². The van der Waals surface area contributed by atoms with E-state index in [-0.39, 0.29) is 0 Å². The van der Waals surface area contributed by atoms with Gasteiger partial charge in [0.1, 0.15) is 0 Å². The third kappa shape index (κ3) is 4.68. The second-order valence-corrected chi connectivity index (χ2v) is 2.98. The van der Waals surface area contributed by atoms with Gasteiger partial charge in [-0.1, -0.05) is 0 Å². The molecule has 0 aromatic heterocycles. The molecule has 0 heterocycles. The van der Waals surface area contributed by atoms with Gasteiger partial charge in [0.25, 0.3) is 0 Å². The SMILES string of the molecule is O=[As]O[As]=O. The van der Waals surface area contributed by atoms with Crippen molar-refractivity contribution in [1.82, 2.24) is 0 Å². The third-order valence-corrected chi connectivity index (χ3v) is 1.80. The first-order chi connectivity index (χ1) is 2.41. The van der Waals surface area contributed by atoms with Gasteiger partial charge < -0.3 is 0 Å². The molecule has 0 radical (unpaired) electrons. The van der Waals surface area contributed by atoms with E-state index in [1.807, 2.05) is 0 Å². The Bertz CT molecular complexity index is 34.2. The fourth-order valence-electron chi connectivity index (χ4n) is 0.0136. The van der Waals surface area contributed by atoms with Gasteiger partial charge in [0.05, 0.1) is 0 Å². The molecule has 0 amide bonds. The van der Waals surface area contributed by atoms with Crippen molar-refractivity contribution in [2.24, 2.45) is 0 Å². The van der Waals surface area contributed by atoms with Crippen LogP contribution in [0, 0.1) is 0 Å². The Labute approximate surface area is 42.6 Å². The Morgan fingerprint density at radius 2 is 1.60 bits per heavy atom. The molecule has 0 saturated carbocycles. The molecular weight excluding hydrogens is 198 g/mol. The normalized spacial score (nSPS) is 9.60. The Hall–Kier alpha value is 0.677. The van der Waals surface area contributed by atoms with Gasteiger partial charge in [0.15, 0.2) is 0 Å². The molecule has 0 bridgehead atoms. The summed E-state index contributed by atoms with van der Waals surface area (Å²) >= 11 is -2.61. The second-order valence-electron chi connectivity index (χ2n) is 0.231. The molecule has 0 rings (SSSR count). The molecule has 0 aliphatic rings. The van der Waals surface area contributed by atoms with Gasteiger partial charge in [-0.2, -0.15) is 0 Å². The van der Waals surface area contributed by atoms with Gasteiger partial charge in [-0.05, 0) is 0 Å². The van der Waals surface area contributed by atoms with Gasteiger partial charge in [-0.3, -0.25) is 0 Å². The average molecular weight is 198 g/mol. The summed E-state index contributed by atoms with van der Waals surface area (Å²) in [5, 5.41) is 0. The Balaban J connectivity index is 2.65. The molecule has 5 heteroatoms. The molecule has 0 aliphatic heterocycles. The van der Waals surface area contributed by atoms with Crippen molar-refractivity contribution in [1.29, 1.82) is 0 Å². The number of hydrogen-bond acceptors (Lipinski definition) is 3. The van der Waals surface area contributed by atoms with Crippen LogP contribution in [0.1, 0.15) is 0 Å². The maximum absolute atomic E-state index is 9.22. The number of rotatable bonds is 2. The van der Waals surface area contributed by atoms with Crippen LogP contribution in [0.5, 0.6) is 0 Å². The quantitative estimate of drug-likeness (QED) is 0.530. The standard InChI is InChI=1S/As2O3/c3-1-5-2-4. The van der Waals surface area contributed by atoms with Crippen LogP contribution in [0.25, 0.3) is 0 Å². The zero-order valence-electron chi connectivity index (χ0n) is 2.12. The number of hydrogen-bond donors (Lipinski definition) is 0. The van der Waals surface area contributed by atoms with Crippen LogP contribution < -0.4 is 0 Å². The summed E-state index contributed by atoms with van der Waals surface area (Å²) in [4.78, 5) is 0. The summed E-state index contributed by atoms with van der Waals surface area (Å²) in [5.41, 5.74) is 0. The van der Waals surface area contributed by atoms with Crippen LogP contribution in [-0.4, -0.2) is 32.1 Å². The van der Waals surface area contributed by atoms with Crippen LogP contribution in [0.4, 0.5) is 0 Å². The minimum atomic E-state index is -1.30. The monoisotopic (exact) mass is 198 g/mol. The van der Waals surface area contributed by atoms with Gasteiger partial charge in [0, 0.05) is 0 Å². The Kier molecular flexibility index (Phi) is 5.31. The van der Waals surface area contributed by atoms with Crippen LogP contribution in [0.2, 0.25) is 0 Å². The van der Waals surface area contributed by atoms with Gasteiger partial charge in [-0.25, -0.2) is 0 Å². The van der Waals surface area contributed by atoms with E-state index in [0.717, 1.165) is 0 Å². The summed E-state index contributed by atoms with van der Waals surface area (Å²) in [6.07, 6.45) is 0. The molecule has 0 aliphatic carbocycles. The van der Waals surface area contributed by atoms with Crippen molar-refractivity contribution in [3.63, 3.8) is 0 Å². The van der Waals surface area contributed by atoms with E-state index in [0.29, 0.717) is 0 Å². The molecule has 0 fully saturated rings. The van der Waals surface area contributed by atoms with Gasteiger partial charge >= 0.3 is 42.3 Å². The summed E-state index contributed by atoms with van der Waals surface area (Å²) in [5.74, 6) is 0. The van der Waals surface area contributed by atoms with Crippen LogP contribution in [0.3, 0.4) is 0 Å². The van der Waals surface area contributed by atoms with E-state index in [4.69, 9.17) is 0 Å². The van der Waals surface area contributed by atoms with Crippen molar-refractivity contribution in [2.45, 2.75) is 0 Å². The summed E-state index contributed by atoms with van der Waals surface area (Å²) < 4.78 is 22.4. The van der Waals surface area contributed by atoms with Crippen molar-refractivity contribution >= 4 is 32.1 Å². The topological polar surface area (TPSA) is 43.4 Å². The second kappa shape index (κ2) is 4.68.